The van der Waals surface area contributed by atoms with Crippen molar-refractivity contribution in [3.8, 4) is 6.07 Å². The minimum Gasteiger partial charge on any atom is -0.375 e. The Bertz CT molecular complexity index is 220. The third-order valence-electron chi connectivity index (χ3n) is 3.60. The lowest BCUT2D eigenvalue weighted by Crippen LogP contribution is -2.41. The summed E-state index contributed by atoms with van der Waals surface area (Å²) in [4.78, 5) is 0. The third-order valence-corrected chi connectivity index (χ3v) is 3.60. The molecule has 2 nitrogen and oxygen atoms in total. The number of aliphatic hydroxyl groups is 1. The fraction of sp³-hybridized carbons (Fsp3) is 0.900. The van der Waals surface area contributed by atoms with Crippen molar-refractivity contribution in [3.63, 3.8) is 0 Å². The number of rotatable bonds is 0. The molecule has 3 unspecified atom stereocenters. The van der Waals surface area contributed by atoms with Crippen LogP contribution in [-0.2, 0) is 0 Å². The zero-order valence-corrected chi connectivity index (χ0v) is 7.29. The molecule has 0 aromatic rings. The van der Waals surface area contributed by atoms with Crippen LogP contribution in [0.4, 0.5) is 0 Å². The summed E-state index contributed by atoms with van der Waals surface area (Å²) in [5, 5.41) is 18.9. The first-order valence-corrected chi connectivity index (χ1v) is 4.90. The number of fused-ring (bicyclic) bond motifs is 1. The summed E-state index contributed by atoms with van der Waals surface area (Å²) in [6.07, 6.45) is 6.47. The van der Waals surface area contributed by atoms with Gasteiger partial charge < -0.3 is 5.11 Å². The highest BCUT2D eigenvalue weighted by molar-refractivity contribution is 5.09. The topological polar surface area (TPSA) is 44.0 Å². The molecule has 0 aliphatic heterocycles. The molecule has 2 aliphatic rings. The molecule has 0 bridgehead atoms. The zero-order chi connectivity index (χ0) is 8.60. The molecule has 0 radical (unpaired) electrons. The SMILES string of the molecule is N#CC1(O)CCCC2CCCC21. The van der Waals surface area contributed by atoms with Crippen LogP contribution in [0.25, 0.3) is 0 Å². The molecule has 3 atom stereocenters. The van der Waals surface area contributed by atoms with Gasteiger partial charge in [0.1, 0.15) is 0 Å². The Morgan fingerprint density at radius 2 is 2.00 bits per heavy atom. The van der Waals surface area contributed by atoms with Gasteiger partial charge in [0, 0.05) is 5.92 Å². The van der Waals surface area contributed by atoms with Gasteiger partial charge in [-0.15, -0.1) is 0 Å². The van der Waals surface area contributed by atoms with Crippen molar-refractivity contribution < 1.29 is 5.11 Å². The van der Waals surface area contributed by atoms with Crippen molar-refractivity contribution >= 4 is 0 Å². The van der Waals surface area contributed by atoms with Crippen LogP contribution in [0.1, 0.15) is 38.5 Å². The van der Waals surface area contributed by atoms with Crippen LogP contribution in [-0.4, -0.2) is 10.7 Å². The van der Waals surface area contributed by atoms with Crippen LogP contribution in [0.5, 0.6) is 0 Å². The summed E-state index contributed by atoms with van der Waals surface area (Å²) in [7, 11) is 0. The fourth-order valence-electron chi connectivity index (χ4n) is 2.97. The van der Waals surface area contributed by atoms with Gasteiger partial charge in [0.15, 0.2) is 5.60 Å². The Hall–Kier alpha value is -0.550. The van der Waals surface area contributed by atoms with Gasteiger partial charge in [-0.25, -0.2) is 0 Å². The summed E-state index contributed by atoms with van der Waals surface area (Å²) in [6, 6.07) is 2.11. The summed E-state index contributed by atoms with van der Waals surface area (Å²) in [5.41, 5.74) is -0.973. The van der Waals surface area contributed by atoms with E-state index in [1.807, 2.05) is 0 Å². The van der Waals surface area contributed by atoms with Crippen LogP contribution >= 0.6 is 0 Å². The molecule has 0 saturated heterocycles. The molecule has 2 aliphatic carbocycles. The summed E-state index contributed by atoms with van der Waals surface area (Å²) >= 11 is 0. The predicted octanol–water partition coefficient (Wildman–Crippen LogP) is 1.84. The van der Waals surface area contributed by atoms with Crippen LogP contribution in [0.3, 0.4) is 0 Å². The van der Waals surface area contributed by atoms with Gasteiger partial charge in [-0.1, -0.05) is 12.8 Å². The smallest absolute Gasteiger partial charge is 0.154 e. The zero-order valence-electron chi connectivity index (χ0n) is 7.29. The van der Waals surface area contributed by atoms with E-state index in [2.05, 4.69) is 6.07 Å². The fourth-order valence-corrected chi connectivity index (χ4v) is 2.97. The predicted molar refractivity (Wildman–Crippen MR) is 45.2 cm³/mol. The van der Waals surface area contributed by atoms with Crippen molar-refractivity contribution in [1.29, 1.82) is 5.26 Å². The first kappa shape index (κ1) is 8.07. The number of hydrogen-bond donors (Lipinski definition) is 1. The Morgan fingerprint density at radius 1 is 1.25 bits per heavy atom. The maximum atomic E-state index is 9.99. The lowest BCUT2D eigenvalue weighted by atomic mass is 9.71. The normalized spacial score (nSPS) is 46.7. The van der Waals surface area contributed by atoms with Crippen LogP contribution in [0.2, 0.25) is 0 Å². The molecule has 12 heavy (non-hydrogen) atoms. The second-order valence-corrected chi connectivity index (χ2v) is 4.23. The number of hydrogen-bond acceptors (Lipinski definition) is 2. The van der Waals surface area contributed by atoms with Crippen LogP contribution in [0, 0.1) is 23.2 Å². The second-order valence-electron chi connectivity index (χ2n) is 4.23. The van der Waals surface area contributed by atoms with E-state index in [9.17, 15) is 5.11 Å². The molecule has 2 rings (SSSR count). The average molecular weight is 165 g/mol. The molecule has 66 valence electrons. The molecule has 0 aromatic heterocycles. The van der Waals surface area contributed by atoms with Gasteiger partial charge in [-0.2, -0.15) is 5.26 Å². The highest BCUT2D eigenvalue weighted by atomic mass is 16.3. The van der Waals surface area contributed by atoms with E-state index >= 15 is 0 Å². The Morgan fingerprint density at radius 3 is 2.75 bits per heavy atom. The van der Waals surface area contributed by atoms with E-state index < -0.39 is 5.60 Å². The molecule has 2 heteroatoms. The van der Waals surface area contributed by atoms with Gasteiger partial charge in [0.05, 0.1) is 6.07 Å². The largest absolute Gasteiger partial charge is 0.375 e. The van der Waals surface area contributed by atoms with Crippen molar-refractivity contribution in [3.05, 3.63) is 0 Å². The first-order valence-electron chi connectivity index (χ1n) is 4.90. The second kappa shape index (κ2) is 2.74. The lowest BCUT2D eigenvalue weighted by molar-refractivity contribution is -0.0158. The van der Waals surface area contributed by atoms with Gasteiger partial charge in [0.2, 0.25) is 0 Å². The molecule has 0 amide bonds. The van der Waals surface area contributed by atoms with E-state index in [1.54, 1.807) is 0 Å². The Labute approximate surface area is 73.2 Å². The van der Waals surface area contributed by atoms with E-state index in [4.69, 9.17) is 5.26 Å². The highest BCUT2D eigenvalue weighted by Gasteiger charge is 2.46. The van der Waals surface area contributed by atoms with E-state index in [-0.39, 0.29) is 5.92 Å². The molecule has 2 fully saturated rings. The molecule has 1 N–H and O–H groups in total. The van der Waals surface area contributed by atoms with Gasteiger partial charge in [-0.05, 0) is 31.6 Å². The summed E-state index contributed by atoms with van der Waals surface area (Å²) < 4.78 is 0. The van der Waals surface area contributed by atoms with E-state index in [0.717, 1.165) is 12.8 Å². The number of nitrogens with zero attached hydrogens (tertiary/aromatic N) is 1. The molecule has 0 aromatic carbocycles. The molecular weight excluding hydrogens is 150 g/mol. The van der Waals surface area contributed by atoms with Gasteiger partial charge in [-0.3, -0.25) is 0 Å². The van der Waals surface area contributed by atoms with Crippen molar-refractivity contribution in [2.24, 2.45) is 11.8 Å². The monoisotopic (exact) mass is 165 g/mol. The van der Waals surface area contributed by atoms with Crippen LogP contribution < -0.4 is 0 Å². The van der Waals surface area contributed by atoms with Crippen molar-refractivity contribution in [2.75, 3.05) is 0 Å². The van der Waals surface area contributed by atoms with E-state index in [0.29, 0.717) is 12.3 Å². The van der Waals surface area contributed by atoms with Crippen molar-refractivity contribution in [1.82, 2.24) is 0 Å². The standard InChI is InChI=1S/C10H15NO/c11-7-10(12)6-2-4-8-3-1-5-9(8)10/h8-9,12H,1-6H2. The number of nitriles is 1. The minimum atomic E-state index is -0.973. The van der Waals surface area contributed by atoms with Crippen LogP contribution in [0.15, 0.2) is 0 Å². The minimum absolute atomic E-state index is 0.288. The summed E-state index contributed by atoms with van der Waals surface area (Å²) in [6.45, 7) is 0. The van der Waals surface area contributed by atoms with Gasteiger partial charge >= 0.3 is 0 Å². The Balaban J connectivity index is 2.20. The summed E-state index contributed by atoms with van der Waals surface area (Å²) in [5.74, 6) is 0.930. The quantitative estimate of drug-likeness (QED) is 0.556. The highest BCUT2D eigenvalue weighted by Crippen LogP contribution is 2.47. The van der Waals surface area contributed by atoms with E-state index in [1.165, 1.54) is 19.3 Å². The maximum Gasteiger partial charge on any atom is 0.154 e. The maximum absolute atomic E-state index is 9.99. The first-order chi connectivity index (χ1) is 5.76. The molecule has 2 saturated carbocycles. The van der Waals surface area contributed by atoms with Gasteiger partial charge in [0.25, 0.3) is 0 Å². The Kier molecular flexibility index (Phi) is 1.84. The lowest BCUT2D eigenvalue weighted by Gasteiger charge is -2.36. The average Bonchev–Trinajstić information content (AvgIpc) is 2.54. The van der Waals surface area contributed by atoms with Crippen molar-refractivity contribution in [2.45, 2.75) is 44.1 Å². The molecule has 0 heterocycles. The third kappa shape index (κ3) is 1.04. The molecular formula is C10H15NO. The molecule has 0 spiro atoms.